The summed E-state index contributed by atoms with van der Waals surface area (Å²) in [5.74, 6) is -0.793. The van der Waals surface area contributed by atoms with Crippen molar-refractivity contribution in [3.8, 4) is 11.1 Å². The van der Waals surface area contributed by atoms with Crippen molar-refractivity contribution >= 4 is 15.9 Å². The molecule has 6 nitrogen and oxygen atoms in total. The van der Waals surface area contributed by atoms with E-state index in [1.807, 2.05) is 0 Å². The molecule has 1 aliphatic heterocycles. The van der Waals surface area contributed by atoms with Crippen LogP contribution in [0.25, 0.3) is 11.1 Å². The van der Waals surface area contributed by atoms with Crippen molar-refractivity contribution in [1.29, 1.82) is 0 Å². The number of primary amides is 1. The van der Waals surface area contributed by atoms with Crippen LogP contribution in [0.4, 0.5) is 13.2 Å². The van der Waals surface area contributed by atoms with Crippen LogP contribution in [0.15, 0.2) is 47.4 Å². The number of nitrogens with two attached hydrogens (primary N) is 1. The molecule has 0 radical (unpaired) electrons. The van der Waals surface area contributed by atoms with Gasteiger partial charge >= 0.3 is 6.18 Å². The average Bonchev–Trinajstić information content (AvgIpc) is 2.67. The van der Waals surface area contributed by atoms with Crippen molar-refractivity contribution in [3.05, 3.63) is 53.6 Å². The molecular formula is C19H20F3N3O3S. The lowest BCUT2D eigenvalue weighted by Crippen LogP contribution is -2.43. The second-order valence-corrected chi connectivity index (χ2v) is 8.45. The summed E-state index contributed by atoms with van der Waals surface area (Å²) in [5.41, 5.74) is 4.30. The summed E-state index contributed by atoms with van der Waals surface area (Å²) in [7, 11) is -4.39. The molecular weight excluding hydrogens is 407 g/mol. The van der Waals surface area contributed by atoms with Crippen molar-refractivity contribution in [1.82, 2.24) is 10.0 Å². The zero-order valence-corrected chi connectivity index (χ0v) is 16.1. The first-order chi connectivity index (χ1) is 13.6. The van der Waals surface area contributed by atoms with Crippen molar-refractivity contribution < 1.29 is 26.4 Å². The zero-order valence-electron chi connectivity index (χ0n) is 15.3. The minimum absolute atomic E-state index is 0.0454. The smallest absolute Gasteiger partial charge is 0.366 e. The number of piperidine rings is 1. The summed E-state index contributed by atoms with van der Waals surface area (Å²) >= 11 is 0. The summed E-state index contributed by atoms with van der Waals surface area (Å²) in [4.78, 5) is 10.8. The second kappa shape index (κ2) is 8.13. The molecule has 0 aliphatic carbocycles. The fourth-order valence-electron chi connectivity index (χ4n) is 3.33. The van der Waals surface area contributed by atoms with Crippen molar-refractivity contribution in [2.24, 2.45) is 5.73 Å². The highest BCUT2D eigenvalue weighted by atomic mass is 32.2. The van der Waals surface area contributed by atoms with E-state index in [1.54, 1.807) is 6.07 Å². The molecule has 0 aromatic heterocycles. The lowest BCUT2D eigenvalue weighted by Gasteiger charge is -2.24. The molecule has 0 saturated carbocycles. The zero-order chi connectivity index (χ0) is 21.2. The number of hydrogen-bond donors (Lipinski definition) is 3. The Morgan fingerprint density at radius 3 is 2.38 bits per heavy atom. The molecule has 3 rings (SSSR count). The van der Waals surface area contributed by atoms with E-state index < -0.39 is 38.6 Å². The molecule has 10 heteroatoms. The number of rotatable bonds is 5. The van der Waals surface area contributed by atoms with Crippen LogP contribution >= 0.6 is 0 Å². The van der Waals surface area contributed by atoms with Gasteiger partial charge in [-0.25, -0.2) is 13.1 Å². The van der Waals surface area contributed by atoms with Crippen LogP contribution in [0.2, 0.25) is 0 Å². The van der Waals surface area contributed by atoms with Gasteiger partial charge in [-0.2, -0.15) is 13.2 Å². The van der Waals surface area contributed by atoms with Crippen molar-refractivity contribution in [2.75, 3.05) is 13.1 Å². The highest BCUT2D eigenvalue weighted by Crippen LogP contribution is 2.37. The maximum atomic E-state index is 13.7. The maximum Gasteiger partial charge on any atom is 0.417 e. The molecule has 29 heavy (non-hydrogen) atoms. The van der Waals surface area contributed by atoms with Gasteiger partial charge in [0.15, 0.2) is 0 Å². The Balaban J connectivity index is 2.07. The highest BCUT2D eigenvalue weighted by Gasteiger charge is 2.38. The van der Waals surface area contributed by atoms with E-state index >= 15 is 0 Å². The van der Waals surface area contributed by atoms with Gasteiger partial charge in [-0.05, 0) is 55.3 Å². The van der Waals surface area contributed by atoms with Crippen LogP contribution in [0.1, 0.15) is 28.8 Å². The lowest BCUT2D eigenvalue weighted by atomic mass is 9.97. The minimum atomic E-state index is -4.91. The Bertz CT molecular complexity index is 1020. The number of carbonyl (C=O) groups is 1. The number of hydrogen-bond acceptors (Lipinski definition) is 4. The standard InChI is InChI=1S/C19H20F3N3O3S/c20-19(21,22)16-11-12(14-3-1-2-4-15(14)18(23)26)5-6-17(16)29(27,28)25-13-7-9-24-10-8-13/h1-6,11,13,24-25H,7-10H2,(H2,23,26). The molecule has 1 fully saturated rings. The third-order valence-electron chi connectivity index (χ3n) is 4.74. The molecule has 2 aromatic carbocycles. The molecule has 0 unspecified atom stereocenters. The van der Waals surface area contributed by atoms with E-state index in [0.29, 0.717) is 25.9 Å². The Morgan fingerprint density at radius 2 is 1.76 bits per heavy atom. The predicted molar refractivity (Wildman–Crippen MR) is 102 cm³/mol. The Morgan fingerprint density at radius 1 is 1.10 bits per heavy atom. The van der Waals surface area contributed by atoms with Gasteiger partial charge in [0.25, 0.3) is 0 Å². The Kier molecular flexibility index (Phi) is 5.97. The summed E-state index contributed by atoms with van der Waals surface area (Å²) in [6, 6.07) is 8.41. The Hall–Kier alpha value is -2.43. The molecule has 0 bridgehead atoms. The molecule has 4 N–H and O–H groups in total. The first-order valence-corrected chi connectivity index (χ1v) is 10.4. The largest absolute Gasteiger partial charge is 0.417 e. The summed E-state index contributed by atoms with van der Waals surface area (Å²) in [6.45, 7) is 1.17. The Labute approximate surface area is 166 Å². The first kappa shape index (κ1) is 21.3. The average molecular weight is 427 g/mol. The molecule has 1 saturated heterocycles. The normalized spacial score (nSPS) is 16.0. The number of halogens is 3. The fraction of sp³-hybridized carbons (Fsp3) is 0.316. The molecule has 0 atom stereocenters. The van der Waals surface area contributed by atoms with Crippen LogP contribution in [0.3, 0.4) is 0 Å². The number of nitrogens with one attached hydrogen (secondary N) is 2. The van der Waals surface area contributed by atoms with E-state index in [0.717, 1.165) is 12.1 Å². The van der Waals surface area contributed by atoms with Gasteiger partial charge in [-0.1, -0.05) is 24.3 Å². The van der Waals surface area contributed by atoms with Gasteiger partial charge < -0.3 is 11.1 Å². The summed E-state index contributed by atoms with van der Waals surface area (Å²) < 4.78 is 68.9. The van der Waals surface area contributed by atoms with Crippen LogP contribution < -0.4 is 15.8 Å². The molecule has 2 aromatic rings. The van der Waals surface area contributed by atoms with Gasteiger partial charge in [-0.15, -0.1) is 0 Å². The minimum Gasteiger partial charge on any atom is -0.366 e. The molecule has 1 aliphatic rings. The third-order valence-corrected chi connectivity index (χ3v) is 6.32. The fourth-order valence-corrected chi connectivity index (χ4v) is 4.84. The van der Waals surface area contributed by atoms with E-state index in [2.05, 4.69) is 10.0 Å². The summed E-state index contributed by atoms with van der Waals surface area (Å²) in [6.07, 6.45) is -3.93. The maximum absolute atomic E-state index is 13.7. The quantitative estimate of drug-likeness (QED) is 0.682. The predicted octanol–water partition coefficient (Wildman–Crippen LogP) is 2.50. The van der Waals surface area contributed by atoms with Crippen LogP contribution in [-0.2, 0) is 16.2 Å². The second-order valence-electron chi connectivity index (χ2n) is 6.76. The molecule has 1 heterocycles. The number of alkyl halides is 3. The van der Waals surface area contributed by atoms with Crippen LogP contribution in [0, 0.1) is 0 Å². The van der Waals surface area contributed by atoms with Gasteiger partial charge in [0.1, 0.15) is 0 Å². The van der Waals surface area contributed by atoms with E-state index in [9.17, 15) is 26.4 Å². The number of sulfonamides is 1. The number of benzene rings is 2. The van der Waals surface area contributed by atoms with E-state index in [-0.39, 0.29) is 16.7 Å². The molecule has 1 amide bonds. The highest BCUT2D eigenvalue weighted by molar-refractivity contribution is 7.89. The molecule has 156 valence electrons. The monoisotopic (exact) mass is 427 g/mol. The van der Waals surface area contributed by atoms with Gasteiger partial charge in [-0.3, -0.25) is 4.79 Å². The van der Waals surface area contributed by atoms with Crippen LogP contribution in [0.5, 0.6) is 0 Å². The first-order valence-electron chi connectivity index (χ1n) is 8.93. The van der Waals surface area contributed by atoms with E-state index in [4.69, 9.17) is 5.73 Å². The summed E-state index contributed by atoms with van der Waals surface area (Å²) in [5, 5.41) is 3.06. The van der Waals surface area contributed by atoms with Crippen molar-refractivity contribution in [3.63, 3.8) is 0 Å². The SMILES string of the molecule is NC(=O)c1ccccc1-c1ccc(S(=O)(=O)NC2CCNCC2)c(C(F)(F)F)c1. The van der Waals surface area contributed by atoms with Gasteiger partial charge in [0.05, 0.1) is 10.5 Å². The van der Waals surface area contributed by atoms with Crippen molar-refractivity contribution in [2.45, 2.75) is 30.0 Å². The van der Waals surface area contributed by atoms with Gasteiger partial charge in [0.2, 0.25) is 15.9 Å². The third kappa shape index (κ3) is 4.77. The van der Waals surface area contributed by atoms with Gasteiger partial charge in [0, 0.05) is 11.6 Å². The number of carbonyl (C=O) groups excluding carboxylic acids is 1. The van der Waals surface area contributed by atoms with Crippen LogP contribution in [-0.4, -0.2) is 33.5 Å². The topological polar surface area (TPSA) is 101 Å². The van der Waals surface area contributed by atoms with E-state index in [1.165, 1.54) is 24.3 Å². The lowest BCUT2D eigenvalue weighted by molar-refractivity contribution is -0.139. The molecule has 0 spiro atoms. The number of amides is 1.